The Kier molecular flexibility index (Phi) is 9.06. The molecule has 10 nitrogen and oxygen atoms in total. The maximum atomic E-state index is 14.3. The number of ether oxygens (including phenoxy) is 2. The largest absolute Gasteiger partial charge is 0.466 e. The fourth-order valence-corrected chi connectivity index (χ4v) is 5.83. The number of halogens is 2. The van der Waals surface area contributed by atoms with Crippen LogP contribution in [0.15, 0.2) is 95.5 Å². The highest BCUT2D eigenvalue weighted by molar-refractivity contribution is 6.31. The molecule has 3 aromatic rings. The van der Waals surface area contributed by atoms with E-state index < -0.39 is 29.6 Å². The molecule has 1 unspecified atom stereocenters. The summed E-state index contributed by atoms with van der Waals surface area (Å²) >= 11 is 6.47. The number of piperazine rings is 1. The number of benzene rings is 3. The molecule has 2 aliphatic heterocycles. The Balaban J connectivity index is 1.61. The highest BCUT2D eigenvalue weighted by Gasteiger charge is 2.44. The molecule has 2 N–H and O–H groups in total. The van der Waals surface area contributed by atoms with Crippen LogP contribution in [0, 0.1) is 17.1 Å². The van der Waals surface area contributed by atoms with Crippen molar-refractivity contribution in [1.29, 1.82) is 5.26 Å². The summed E-state index contributed by atoms with van der Waals surface area (Å²) in [6.45, 7) is 1.22. The number of esters is 2. The van der Waals surface area contributed by atoms with Gasteiger partial charge in [0.1, 0.15) is 17.3 Å². The van der Waals surface area contributed by atoms with Crippen LogP contribution in [-0.4, -0.2) is 63.1 Å². The zero-order valence-corrected chi connectivity index (χ0v) is 25.3. The summed E-state index contributed by atoms with van der Waals surface area (Å²) in [4.78, 5) is 44.8. The Morgan fingerprint density at radius 1 is 0.911 bits per heavy atom. The predicted molar refractivity (Wildman–Crippen MR) is 166 cm³/mol. The van der Waals surface area contributed by atoms with E-state index in [4.69, 9.17) is 26.8 Å². The van der Waals surface area contributed by atoms with Gasteiger partial charge < -0.3 is 25.0 Å². The van der Waals surface area contributed by atoms with Crippen molar-refractivity contribution in [2.75, 3.05) is 50.2 Å². The third-order valence-corrected chi connectivity index (χ3v) is 8.04. The van der Waals surface area contributed by atoms with Crippen LogP contribution in [0.3, 0.4) is 0 Å². The molecule has 12 heteroatoms. The van der Waals surface area contributed by atoms with Crippen molar-refractivity contribution in [3.8, 4) is 6.07 Å². The van der Waals surface area contributed by atoms with Crippen LogP contribution in [-0.2, 0) is 19.1 Å². The molecule has 1 atom stereocenters. The number of rotatable bonds is 6. The third kappa shape index (κ3) is 5.80. The van der Waals surface area contributed by atoms with Gasteiger partial charge >= 0.3 is 11.9 Å². The van der Waals surface area contributed by atoms with Crippen molar-refractivity contribution in [2.24, 2.45) is 5.73 Å². The smallest absolute Gasteiger partial charge is 0.355 e. The maximum Gasteiger partial charge on any atom is 0.355 e. The van der Waals surface area contributed by atoms with Gasteiger partial charge in [-0.25, -0.2) is 14.0 Å². The van der Waals surface area contributed by atoms with Gasteiger partial charge in [-0.1, -0.05) is 54.1 Å². The second-order valence-electron chi connectivity index (χ2n) is 10.2. The molecule has 5 rings (SSSR count). The fourth-order valence-electron chi connectivity index (χ4n) is 5.66. The number of hydrogen-bond donors (Lipinski definition) is 1. The van der Waals surface area contributed by atoms with Crippen molar-refractivity contribution in [3.05, 3.63) is 117 Å². The number of carbonyl (C=O) groups is 3. The van der Waals surface area contributed by atoms with Crippen LogP contribution in [0.1, 0.15) is 21.8 Å². The standard InChI is InChI=1S/C33H29ClFN5O5/c1-44-32(42)28-27(20-8-4-3-5-9-20)23(19-36)30(37)40(29(28)33(43)45-2)26-18-21(34)12-13-25(26)38-14-16-39(17-15-38)31(41)22-10-6-7-11-24(22)35/h3-13,18,27H,14-17,37H2,1-2H3. The van der Waals surface area contributed by atoms with Crippen LogP contribution in [0.4, 0.5) is 15.8 Å². The Morgan fingerprint density at radius 2 is 1.56 bits per heavy atom. The second-order valence-corrected chi connectivity index (χ2v) is 10.7. The first kappa shape index (κ1) is 31.1. The van der Waals surface area contributed by atoms with E-state index in [1.54, 1.807) is 59.5 Å². The Hall–Kier alpha value is -5.34. The average Bonchev–Trinajstić information content (AvgIpc) is 3.07. The molecule has 0 aliphatic carbocycles. The summed E-state index contributed by atoms with van der Waals surface area (Å²) in [7, 11) is 2.35. The van der Waals surface area contributed by atoms with E-state index in [0.29, 0.717) is 35.1 Å². The minimum atomic E-state index is -1.02. The number of amides is 1. The molecule has 3 aromatic carbocycles. The lowest BCUT2D eigenvalue weighted by molar-refractivity contribution is -0.139. The summed E-state index contributed by atoms with van der Waals surface area (Å²) in [5, 5.41) is 10.7. The molecule has 0 aromatic heterocycles. The number of allylic oxidation sites excluding steroid dienone is 1. The van der Waals surface area contributed by atoms with Crippen LogP contribution in [0.5, 0.6) is 0 Å². The number of hydrogen-bond acceptors (Lipinski definition) is 9. The molecular weight excluding hydrogens is 601 g/mol. The lowest BCUT2D eigenvalue weighted by atomic mass is 9.81. The summed E-state index contributed by atoms with van der Waals surface area (Å²) in [5.41, 5.74) is 7.75. The molecule has 2 aliphatic rings. The van der Waals surface area contributed by atoms with Gasteiger partial charge in [0.2, 0.25) is 0 Å². The van der Waals surface area contributed by atoms with Crippen molar-refractivity contribution >= 4 is 40.8 Å². The van der Waals surface area contributed by atoms with E-state index in [2.05, 4.69) is 6.07 Å². The fraction of sp³-hybridized carbons (Fsp3) is 0.212. The summed E-state index contributed by atoms with van der Waals surface area (Å²) in [6.07, 6.45) is 0. The third-order valence-electron chi connectivity index (χ3n) is 7.80. The molecular formula is C33H29ClFN5O5. The first-order chi connectivity index (χ1) is 21.7. The van der Waals surface area contributed by atoms with E-state index in [1.165, 1.54) is 37.3 Å². The molecule has 1 fully saturated rings. The molecule has 1 saturated heterocycles. The van der Waals surface area contributed by atoms with Crippen LogP contribution >= 0.6 is 11.6 Å². The van der Waals surface area contributed by atoms with E-state index in [0.717, 1.165) is 0 Å². The van der Waals surface area contributed by atoms with Crippen molar-refractivity contribution in [2.45, 2.75) is 5.92 Å². The lowest BCUT2D eigenvalue weighted by Gasteiger charge is -2.40. The first-order valence-corrected chi connectivity index (χ1v) is 14.3. The first-order valence-electron chi connectivity index (χ1n) is 14.0. The summed E-state index contributed by atoms with van der Waals surface area (Å²) in [5.74, 6) is -3.87. The molecule has 0 saturated carbocycles. The number of carbonyl (C=O) groups excluding carboxylic acids is 3. The van der Waals surface area contributed by atoms with Gasteiger partial charge in [0.25, 0.3) is 5.91 Å². The number of nitrogens with zero attached hydrogens (tertiary/aromatic N) is 4. The highest BCUT2D eigenvalue weighted by atomic mass is 35.5. The lowest BCUT2D eigenvalue weighted by Crippen LogP contribution is -2.49. The number of nitriles is 1. The van der Waals surface area contributed by atoms with Gasteiger partial charge in [-0.15, -0.1) is 0 Å². The normalized spacial score (nSPS) is 16.8. The monoisotopic (exact) mass is 629 g/mol. The molecule has 2 heterocycles. The minimum Gasteiger partial charge on any atom is -0.466 e. The van der Waals surface area contributed by atoms with E-state index in [-0.39, 0.29) is 41.3 Å². The predicted octanol–water partition coefficient (Wildman–Crippen LogP) is 4.34. The molecule has 230 valence electrons. The second kappa shape index (κ2) is 13.1. The maximum absolute atomic E-state index is 14.3. The Morgan fingerprint density at radius 3 is 2.18 bits per heavy atom. The Bertz CT molecular complexity index is 1760. The topological polar surface area (TPSA) is 129 Å². The molecule has 0 bridgehead atoms. The van der Waals surface area contributed by atoms with E-state index in [1.807, 2.05) is 4.90 Å². The quantitative estimate of drug-likeness (QED) is 0.396. The van der Waals surface area contributed by atoms with Gasteiger partial charge in [-0.05, 0) is 35.9 Å². The van der Waals surface area contributed by atoms with Gasteiger partial charge in [0, 0.05) is 31.2 Å². The molecule has 45 heavy (non-hydrogen) atoms. The van der Waals surface area contributed by atoms with Crippen molar-refractivity contribution in [1.82, 2.24) is 4.90 Å². The zero-order chi connectivity index (χ0) is 32.2. The Labute approximate surface area is 264 Å². The van der Waals surface area contributed by atoms with Gasteiger partial charge in [-0.3, -0.25) is 9.69 Å². The van der Waals surface area contributed by atoms with Crippen LogP contribution in [0.25, 0.3) is 0 Å². The van der Waals surface area contributed by atoms with Crippen molar-refractivity contribution < 1.29 is 28.2 Å². The number of nitrogens with two attached hydrogens (primary N) is 1. The highest BCUT2D eigenvalue weighted by Crippen LogP contribution is 2.46. The zero-order valence-electron chi connectivity index (χ0n) is 24.5. The molecule has 0 spiro atoms. The number of methoxy groups -OCH3 is 2. The summed E-state index contributed by atoms with van der Waals surface area (Å²) < 4.78 is 24.6. The van der Waals surface area contributed by atoms with Gasteiger partial charge in [-0.2, -0.15) is 5.26 Å². The van der Waals surface area contributed by atoms with Crippen LogP contribution < -0.4 is 15.5 Å². The average molecular weight is 630 g/mol. The van der Waals surface area contributed by atoms with E-state index in [9.17, 15) is 24.0 Å². The van der Waals surface area contributed by atoms with E-state index >= 15 is 0 Å². The van der Waals surface area contributed by atoms with Gasteiger partial charge in [0.05, 0.1) is 54.3 Å². The molecule has 0 radical (unpaired) electrons. The van der Waals surface area contributed by atoms with Crippen molar-refractivity contribution in [3.63, 3.8) is 0 Å². The minimum absolute atomic E-state index is 0.00967. The van der Waals surface area contributed by atoms with Crippen LogP contribution in [0.2, 0.25) is 5.02 Å². The summed E-state index contributed by atoms with van der Waals surface area (Å²) in [6, 6.07) is 21.6. The van der Waals surface area contributed by atoms with Gasteiger partial charge in [0.15, 0.2) is 0 Å². The number of anilines is 2. The molecule has 1 amide bonds. The SMILES string of the molecule is COC(=O)C1=C(C(=O)OC)N(c2cc(Cl)ccc2N2CCN(C(=O)c3ccccc3F)CC2)C(N)=C(C#N)C1c1ccccc1.